The van der Waals surface area contributed by atoms with E-state index in [1.807, 2.05) is 0 Å². The molecule has 0 bridgehead atoms. The fourth-order valence-electron chi connectivity index (χ4n) is 1.32. The number of ether oxygens (including phenoxy) is 1. The average Bonchev–Trinajstić information content (AvgIpc) is 2.32. The molecule has 0 aromatic carbocycles. The molecule has 70 valence electrons. The Bertz CT molecular complexity index is 161. The Balaban J connectivity index is 2.14. The maximum Gasteiger partial charge on any atom is 0.409 e. The van der Waals surface area contributed by atoms with E-state index in [4.69, 9.17) is 10.5 Å². The molecule has 12 heavy (non-hydrogen) atoms. The van der Waals surface area contributed by atoms with Gasteiger partial charge in [0.05, 0.1) is 6.54 Å². The molecular formula is C8H16N2O2. The van der Waals surface area contributed by atoms with Crippen molar-refractivity contribution in [2.45, 2.75) is 25.4 Å². The Kier molecular flexibility index (Phi) is 3.34. The molecule has 1 heterocycles. The largest absolute Gasteiger partial charge is 0.444 e. The third-order valence-electron chi connectivity index (χ3n) is 2.04. The van der Waals surface area contributed by atoms with E-state index in [2.05, 4.69) is 0 Å². The Morgan fingerprint density at radius 3 is 2.92 bits per heavy atom. The van der Waals surface area contributed by atoms with Crippen LogP contribution in [0.4, 0.5) is 4.79 Å². The smallest absolute Gasteiger partial charge is 0.409 e. The Labute approximate surface area is 72.7 Å². The van der Waals surface area contributed by atoms with Crippen molar-refractivity contribution in [2.75, 3.05) is 20.1 Å². The molecule has 1 aliphatic heterocycles. The molecule has 0 aliphatic carbocycles. The van der Waals surface area contributed by atoms with E-state index in [1.165, 1.54) is 0 Å². The fourth-order valence-corrected chi connectivity index (χ4v) is 1.32. The van der Waals surface area contributed by atoms with Gasteiger partial charge in [0.1, 0.15) is 6.10 Å². The van der Waals surface area contributed by atoms with E-state index in [1.54, 1.807) is 11.9 Å². The Morgan fingerprint density at radius 2 is 2.42 bits per heavy atom. The first kappa shape index (κ1) is 9.32. The summed E-state index contributed by atoms with van der Waals surface area (Å²) in [6, 6.07) is 0. The number of rotatable bonds is 4. The summed E-state index contributed by atoms with van der Waals surface area (Å²) >= 11 is 0. The zero-order valence-corrected chi connectivity index (χ0v) is 7.45. The third-order valence-corrected chi connectivity index (χ3v) is 2.04. The number of unbranched alkanes of at least 4 members (excludes halogenated alkanes) is 1. The SMILES string of the molecule is CN1CC(CCCCN)OC1=O. The van der Waals surface area contributed by atoms with Gasteiger partial charge in [-0.2, -0.15) is 0 Å². The van der Waals surface area contributed by atoms with E-state index in [-0.39, 0.29) is 12.2 Å². The van der Waals surface area contributed by atoms with Crippen LogP contribution < -0.4 is 5.73 Å². The molecule has 1 amide bonds. The second-order valence-electron chi connectivity index (χ2n) is 3.17. The number of nitrogens with two attached hydrogens (primary N) is 1. The number of carbonyl (C=O) groups excluding carboxylic acids is 1. The molecule has 0 radical (unpaired) electrons. The van der Waals surface area contributed by atoms with Gasteiger partial charge in [0.15, 0.2) is 0 Å². The van der Waals surface area contributed by atoms with Crippen molar-refractivity contribution >= 4 is 6.09 Å². The molecule has 0 aromatic heterocycles. The van der Waals surface area contributed by atoms with Gasteiger partial charge < -0.3 is 15.4 Å². The van der Waals surface area contributed by atoms with Crippen LogP contribution in [0.25, 0.3) is 0 Å². The summed E-state index contributed by atoms with van der Waals surface area (Å²) in [5.74, 6) is 0. The average molecular weight is 172 g/mol. The molecule has 1 saturated heterocycles. The number of nitrogens with zero attached hydrogens (tertiary/aromatic N) is 1. The Hall–Kier alpha value is -0.770. The lowest BCUT2D eigenvalue weighted by Gasteiger charge is -2.06. The van der Waals surface area contributed by atoms with Gasteiger partial charge >= 0.3 is 6.09 Å². The maximum atomic E-state index is 10.9. The van der Waals surface area contributed by atoms with Gasteiger partial charge in [0.25, 0.3) is 0 Å². The van der Waals surface area contributed by atoms with Crippen LogP contribution in [0.3, 0.4) is 0 Å². The van der Waals surface area contributed by atoms with Crippen LogP contribution in [0.5, 0.6) is 0 Å². The highest BCUT2D eigenvalue weighted by molar-refractivity contribution is 5.69. The summed E-state index contributed by atoms with van der Waals surface area (Å²) in [7, 11) is 1.76. The second-order valence-corrected chi connectivity index (χ2v) is 3.17. The van der Waals surface area contributed by atoms with Crippen molar-refractivity contribution in [2.24, 2.45) is 5.73 Å². The van der Waals surface area contributed by atoms with E-state index in [9.17, 15) is 4.79 Å². The van der Waals surface area contributed by atoms with Crippen LogP contribution in [0.2, 0.25) is 0 Å². The van der Waals surface area contributed by atoms with Crippen molar-refractivity contribution in [1.82, 2.24) is 4.90 Å². The Morgan fingerprint density at radius 1 is 1.67 bits per heavy atom. The zero-order chi connectivity index (χ0) is 8.97. The number of amides is 1. The van der Waals surface area contributed by atoms with Crippen LogP contribution >= 0.6 is 0 Å². The monoisotopic (exact) mass is 172 g/mol. The number of hydrogen-bond donors (Lipinski definition) is 1. The van der Waals surface area contributed by atoms with Crippen LogP contribution in [0.1, 0.15) is 19.3 Å². The second kappa shape index (κ2) is 4.30. The van der Waals surface area contributed by atoms with Crippen molar-refractivity contribution in [3.05, 3.63) is 0 Å². The number of hydrogen-bond acceptors (Lipinski definition) is 3. The summed E-state index contributed by atoms with van der Waals surface area (Å²) in [6.07, 6.45) is 2.88. The minimum Gasteiger partial charge on any atom is -0.444 e. The van der Waals surface area contributed by atoms with Crippen LogP contribution in [-0.2, 0) is 4.74 Å². The van der Waals surface area contributed by atoms with Gasteiger partial charge in [-0.15, -0.1) is 0 Å². The van der Waals surface area contributed by atoms with Gasteiger partial charge in [-0.05, 0) is 25.8 Å². The van der Waals surface area contributed by atoms with E-state index >= 15 is 0 Å². The summed E-state index contributed by atoms with van der Waals surface area (Å²) < 4.78 is 5.07. The molecule has 1 rings (SSSR count). The fraction of sp³-hybridized carbons (Fsp3) is 0.875. The molecule has 1 atom stereocenters. The molecule has 4 nitrogen and oxygen atoms in total. The lowest BCUT2D eigenvalue weighted by atomic mass is 10.1. The minimum absolute atomic E-state index is 0.0917. The maximum absolute atomic E-state index is 10.9. The highest BCUT2D eigenvalue weighted by Crippen LogP contribution is 2.13. The standard InChI is InChI=1S/C8H16N2O2/c1-10-6-7(12-8(10)11)4-2-3-5-9/h7H,2-6,9H2,1H3. The topological polar surface area (TPSA) is 55.6 Å². The predicted molar refractivity (Wildman–Crippen MR) is 45.8 cm³/mol. The lowest BCUT2D eigenvalue weighted by Crippen LogP contribution is -2.19. The third kappa shape index (κ3) is 2.37. The predicted octanol–water partition coefficient (Wildman–Crippen LogP) is 0.566. The molecule has 0 spiro atoms. The van der Waals surface area contributed by atoms with Gasteiger partial charge in [-0.25, -0.2) is 4.79 Å². The molecule has 4 heteroatoms. The highest BCUT2D eigenvalue weighted by Gasteiger charge is 2.27. The van der Waals surface area contributed by atoms with Gasteiger partial charge in [0.2, 0.25) is 0 Å². The van der Waals surface area contributed by atoms with Gasteiger partial charge in [-0.3, -0.25) is 0 Å². The first-order valence-electron chi connectivity index (χ1n) is 4.36. The quantitative estimate of drug-likeness (QED) is 0.630. The molecule has 1 aliphatic rings. The zero-order valence-electron chi connectivity index (χ0n) is 7.45. The molecule has 2 N–H and O–H groups in total. The van der Waals surface area contributed by atoms with E-state index in [0.717, 1.165) is 32.4 Å². The molecule has 0 aromatic rings. The van der Waals surface area contributed by atoms with E-state index < -0.39 is 0 Å². The number of cyclic esters (lactones) is 1. The lowest BCUT2D eigenvalue weighted by molar-refractivity contribution is 0.129. The van der Waals surface area contributed by atoms with Crippen molar-refractivity contribution in [1.29, 1.82) is 0 Å². The summed E-state index contributed by atoms with van der Waals surface area (Å²) in [4.78, 5) is 12.5. The molecular weight excluding hydrogens is 156 g/mol. The van der Waals surface area contributed by atoms with Gasteiger partial charge in [-0.1, -0.05) is 0 Å². The van der Waals surface area contributed by atoms with Crippen molar-refractivity contribution in [3.63, 3.8) is 0 Å². The molecule has 0 saturated carbocycles. The first-order valence-corrected chi connectivity index (χ1v) is 4.36. The van der Waals surface area contributed by atoms with Crippen LogP contribution in [-0.4, -0.2) is 37.2 Å². The van der Waals surface area contributed by atoms with E-state index in [0.29, 0.717) is 0 Å². The molecule has 1 fully saturated rings. The highest BCUT2D eigenvalue weighted by atomic mass is 16.6. The van der Waals surface area contributed by atoms with Crippen molar-refractivity contribution in [3.8, 4) is 0 Å². The normalized spacial score (nSPS) is 23.0. The summed E-state index contributed by atoms with van der Waals surface area (Å²) in [5.41, 5.74) is 5.35. The molecule has 1 unspecified atom stereocenters. The van der Waals surface area contributed by atoms with Crippen LogP contribution in [0.15, 0.2) is 0 Å². The minimum atomic E-state index is -0.201. The number of carbonyl (C=O) groups is 1. The summed E-state index contributed by atoms with van der Waals surface area (Å²) in [6.45, 7) is 1.44. The summed E-state index contributed by atoms with van der Waals surface area (Å²) in [5, 5.41) is 0. The van der Waals surface area contributed by atoms with Crippen LogP contribution in [0, 0.1) is 0 Å². The first-order chi connectivity index (χ1) is 5.74. The van der Waals surface area contributed by atoms with Gasteiger partial charge in [0, 0.05) is 7.05 Å². The van der Waals surface area contributed by atoms with Crippen molar-refractivity contribution < 1.29 is 9.53 Å². The number of likely N-dealkylation sites (N-methyl/N-ethyl adjacent to an activating group) is 1.